The molecule has 0 spiro atoms. The monoisotopic (exact) mass is 586 g/mol. The number of anilines is 5. The van der Waals surface area contributed by atoms with E-state index in [0.717, 1.165) is 16.9 Å². The van der Waals surface area contributed by atoms with Crippen molar-refractivity contribution >= 4 is 61.6 Å². The van der Waals surface area contributed by atoms with Gasteiger partial charge in [0, 0.05) is 31.4 Å². The predicted molar refractivity (Wildman–Crippen MR) is 153 cm³/mol. The third-order valence-corrected chi connectivity index (χ3v) is 9.12. The highest BCUT2D eigenvalue weighted by atomic mass is 32.2. The zero-order chi connectivity index (χ0) is 28.3. The number of nitrogens with zero attached hydrogens (tertiary/aromatic N) is 4. The highest BCUT2D eigenvalue weighted by Gasteiger charge is 2.35. The first-order valence-corrected chi connectivity index (χ1v) is 15.2. The minimum Gasteiger partial charge on any atom is -0.462 e. The SMILES string of the molecule is CCOC(=O)c1sc(Nc2nc(NCc3ccc(NS(=O)(=O)C4CC4)cc3)cc(N3CCNC(=O)C3)n2)nc1C. The summed E-state index contributed by atoms with van der Waals surface area (Å²) in [5, 5.41) is 9.30. The molecule has 40 heavy (non-hydrogen) atoms. The van der Waals surface area contributed by atoms with Gasteiger partial charge in [0.25, 0.3) is 0 Å². The molecule has 5 rings (SSSR count). The molecule has 4 N–H and O–H groups in total. The summed E-state index contributed by atoms with van der Waals surface area (Å²) in [5.74, 6) is 0.781. The molecule has 2 fully saturated rings. The van der Waals surface area contributed by atoms with E-state index in [-0.39, 0.29) is 30.3 Å². The van der Waals surface area contributed by atoms with Crippen LogP contribution in [0.15, 0.2) is 30.3 Å². The lowest BCUT2D eigenvalue weighted by atomic mass is 10.2. The van der Waals surface area contributed by atoms with E-state index in [1.807, 2.05) is 17.0 Å². The Hall–Kier alpha value is -3.98. The number of hydrogen-bond donors (Lipinski definition) is 4. The number of piperazine rings is 1. The molecule has 1 aliphatic carbocycles. The molecule has 15 heteroatoms. The summed E-state index contributed by atoms with van der Waals surface area (Å²) < 4.78 is 32.1. The number of rotatable bonds is 11. The Kier molecular flexibility index (Phi) is 8.02. The zero-order valence-corrected chi connectivity index (χ0v) is 23.7. The number of carbonyl (C=O) groups is 2. The van der Waals surface area contributed by atoms with Crippen LogP contribution in [0.1, 0.15) is 40.7 Å². The number of benzene rings is 1. The van der Waals surface area contributed by atoms with Gasteiger partial charge in [0.05, 0.1) is 24.1 Å². The second kappa shape index (κ2) is 11.6. The Morgan fingerprint density at radius 1 is 1.20 bits per heavy atom. The Bertz CT molecular complexity index is 1510. The van der Waals surface area contributed by atoms with E-state index in [9.17, 15) is 18.0 Å². The van der Waals surface area contributed by atoms with Gasteiger partial charge in [-0.25, -0.2) is 18.2 Å². The first-order chi connectivity index (χ1) is 19.2. The van der Waals surface area contributed by atoms with Crippen LogP contribution in [0.4, 0.5) is 28.4 Å². The molecule has 1 aliphatic heterocycles. The van der Waals surface area contributed by atoms with Gasteiger partial charge in [0.2, 0.25) is 21.9 Å². The number of hydrogen-bond acceptors (Lipinski definition) is 12. The van der Waals surface area contributed by atoms with E-state index >= 15 is 0 Å². The molecule has 0 unspecified atom stereocenters. The fraction of sp³-hybridized carbons (Fsp3) is 0.400. The van der Waals surface area contributed by atoms with Crippen LogP contribution in [-0.2, 0) is 26.1 Å². The average molecular weight is 587 g/mol. The van der Waals surface area contributed by atoms with Crippen LogP contribution in [-0.4, -0.2) is 66.7 Å². The van der Waals surface area contributed by atoms with Gasteiger partial charge in [-0.1, -0.05) is 23.5 Å². The maximum absolute atomic E-state index is 12.2. The van der Waals surface area contributed by atoms with Crippen LogP contribution < -0.4 is 25.6 Å². The lowest BCUT2D eigenvalue weighted by molar-refractivity contribution is -0.120. The number of thiazole rings is 1. The maximum atomic E-state index is 12.2. The van der Waals surface area contributed by atoms with Crippen LogP contribution in [0.2, 0.25) is 0 Å². The Balaban J connectivity index is 1.33. The molecule has 3 heterocycles. The number of ether oxygens (including phenoxy) is 1. The summed E-state index contributed by atoms with van der Waals surface area (Å²) in [6.45, 7) is 5.40. The summed E-state index contributed by atoms with van der Waals surface area (Å²) in [5.41, 5.74) is 1.97. The normalized spacial score (nSPS) is 15.3. The third-order valence-electron chi connectivity index (χ3n) is 6.20. The minimum atomic E-state index is -3.32. The van der Waals surface area contributed by atoms with Gasteiger partial charge >= 0.3 is 5.97 Å². The summed E-state index contributed by atoms with van der Waals surface area (Å²) in [6.07, 6.45) is 1.40. The number of aromatic nitrogens is 3. The van der Waals surface area contributed by atoms with E-state index in [2.05, 4.69) is 35.6 Å². The van der Waals surface area contributed by atoms with Crippen molar-refractivity contribution < 1.29 is 22.7 Å². The lowest BCUT2D eigenvalue weighted by Crippen LogP contribution is -2.48. The number of esters is 1. The van der Waals surface area contributed by atoms with Crippen molar-refractivity contribution in [3.8, 4) is 0 Å². The quantitative estimate of drug-likeness (QED) is 0.244. The molecule has 3 aromatic rings. The molecule has 2 aromatic heterocycles. The number of amides is 1. The predicted octanol–water partition coefficient (Wildman–Crippen LogP) is 2.61. The fourth-order valence-corrected chi connectivity index (χ4v) is 6.26. The van der Waals surface area contributed by atoms with Crippen molar-refractivity contribution in [3.63, 3.8) is 0 Å². The minimum absolute atomic E-state index is 0.0964. The number of aryl methyl sites for hydroxylation is 1. The van der Waals surface area contributed by atoms with E-state index in [1.54, 1.807) is 32.0 Å². The van der Waals surface area contributed by atoms with E-state index < -0.39 is 16.0 Å². The average Bonchev–Trinajstić information content (AvgIpc) is 3.72. The molecule has 1 aromatic carbocycles. The molecule has 0 atom stereocenters. The number of nitrogens with one attached hydrogen (secondary N) is 4. The molecule has 2 aliphatic rings. The highest BCUT2D eigenvalue weighted by Crippen LogP contribution is 2.30. The molecule has 212 valence electrons. The van der Waals surface area contributed by atoms with Crippen molar-refractivity contribution in [2.75, 3.05) is 46.5 Å². The first-order valence-electron chi connectivity index (χ1n) is 12.9. The van der Waals surface area contributed by atoms with E-state index in [4.69, 9.17) is 4.74 Å². The van der Waals surface area contributed by atoms with Gasteiger partial charge in [-0.2, -0.15) is 9.97 Å². The molecular weight excluding hydrogens is 556 g/mol. The number of carbonyl (C=O) groups excluding carboxylic acids is 2. The molecule has 1 saturated heterocycles. The van der Waals surface area contributed by atoms with Crippen molar-refractivity contribution in [1.29, 1.82) is 0 Å². The van der Waals surface area contributed by atoms with E-state index in [1.165, 1.54) is 0 Å². The molecule has 0 bridgehead atoms. The standard InChI is InChI=1S/C25H30N8O5S2/c1-3-38-23(35)22-15(2)28-25(39-22)31-24-29-19(12-20(30-24)33-11-10-26-21(34)14-33)27-13-16-4-6-17(7-5-16)32-40(36,37)18-8-9-18/h4-7,12,18,32H,3,8-11,13-14H2,1-2H3,(H,26,34)(H2,27,28,29,30,31). The molecule has 0 radical (unpaired) electrons. The third kappa shape index (κ3) is 6.77. The van der Waals surface area contributed by atoms with Gasteiger partial charge in [-0.05, 0) is 44.4 Å². The lowest BCUT2D eigenvalue weighted by Gasteiger charge is -2.28. The van der Waals surface area contributed by atoms with Gasteiger partial charge in [0.15, 0.2) is 5.13 Å². The largest absolute Gasteiger partial charge is 0.462 e. The van der Waals surface area contributed by atoms with Crippen molar-refractivity contribution in [3.05, 3.63) is 46.5 Å². The van der Waals surface area contributed by atoms with Crippen LogP contribution in [0.25, 0.3) is 0 Å². The molecule has 1 amide bonds. The molecular formula is C25H30N8O5S2. The van der Waals surface area contributed by atoms with Crippen LogP contribution in [0.3, 0.4) is 0 Å². The van der Waals surface area contributed by atoms with Gasteiger partial charge in [0.1, 0.15) is 16.5 Å². The Morgan fingerprint density at radius 3 is 2.67 bits per heavy atom. The molecule has 13 nitrogen and oxygen atoms in total. The summed E-state index contributed by atoms with van der Waals surface area (Å²) in [7, 11) is -3.32. The van der Waals surface area contributed by atoms with Crippen LogP contribution in [0, 0.1) is 6.92 Å². The van der Waals surface area contributed by atoms with Gasteiger partial charge in [-0.3, -0.25) is 14.8 Å². The Labute approximate surface area is 235 Å². The fourth-order valence-electron chi connectivity index (χ4n) is 4.02. The van der Waals surface area contributed by atoms with Crippen molar-refractivity contribution in [1.82, 2.24) is 20.3 Å². The highest BCUT2D eigenvalue weighted by molar-refractivity contribution is 7.93. The van der Waals surface area contributed by atoms with Crippen molar-refractivity contribution in [2.45, 2.75) is 38.5 Å². The Morgan fingerprint density at radius 2 is 1.98 bits per heavy atom. The smallest absolute Gasteiger partial charge is 0.350 e. The first kappa shape index (κ1) is 27.6. The zero-order valence-electron chi connectivity index (χ0n) is 22.1. The second-order valence-electron chi connectivity index (χ2n) is 9.38. The van der Waals surface area contributed by atoms with Crippen molar-refractivity contribution in [2.24, 2.45) is 0 Å². The van der Waals surface area contributed by atoms with Gasteiger partial charge < -0.3 is 20.3 Å². The summed E-state index contributed by atoms with van der Waals surface area (Å²) >= 11 is 1.15. The van der Waals surface area contributed by atoms with Gasteiger partial charge in [-0.15, -0.1) is 0 Å². The summed E-state index contributed by atoms with van der Waals surface area (Å²) in [6, 6.07) is 8.90. The van der Waals surface area contributed by atoms with Crippen LogP contribution >= 0.6 is 11.3 Å². The van der Waals surface area contributed by atoms with E-state index in [0.29, 0.717) is 65.5 Å². The van der Waals surface area contributed by atoms with Crippen LogP contribution in [0.5, 0.6) is 0 Å². The second-order valence-corrected chi connectivity index (χ2v) is 12.3. The maximum Gasteiger partial charge on any atom is 0.350 e. The molecule has 1 saturated carbocycles. The summed E-state index contributed by atoms with van der Waals surface area (Å²) in [4.78, 5) is 40.1. The number of sulfonamides is 1. The topological polar surface area (TPSA) is 168 Å².